The standard InChI is InChI=1S/C15H13F3O3/c16-15(17,18)10-20-7-8-21-14-6-5-11-3-1-2-4-12(11)13(14)9-19/h1-6,9H,7-8,10H2. The molecule has 2 aromatic rings. The van der Waals surface area contributed by atoms with E-state index in [-0.39, 0.29) is 13.2 Å². The molecular weight excluding hydrogens is 285 g/mol. The van der Waals surface area contributed by atoms with Gasteiger partial charge in [-0.25, -0.2) is 0 Å². The minimum atomic E-state index is -4.35. The Balaban J connectivity index is 2.00. The van der Waals surface area contributed by atoms with E-state index in [0.29, 0.717) is 17.6 Å². The highest BCUT2D eigenvalue weighted by molar-refractivity contribution is 6.00. The van der Waals surface area contributed by atoms with Crippen LogP contribution in [0.15, 0.2) is 36.4 Å². The fourth-order valence-electron chi connectivity index (χ4n) is 1.92. The second kappa shape index (κ2) is 6.58. The zero-order valence-electron chi connectivity index (χ0n) is 11.0. The number of halogens is 3. The summed E-state index contributed by atoms with van der Waals surface area (Å²) in [6.07, 6.45) is -3.68. The van der Waals surface area contributed by atoms with E-state index in [9.17, 15) is 18.0 Å². The Bertz CT molecular complexity index is 623. The highest BCUT2D eigenvalue weighted by Crippen LogP contribution is 2.26. The Morgan fingerprint density at radius 3 is 2.52 bits per heavy atom. The Kier molecular flexibility index (Phi) is 4.80. The van der Waals surface area contributed by atoms with Crippen molar-refractivity contribution in [3.05, 3.63) is 42.0 Å². The molecule has 0 unspecified atom stereocenters. The van der Waals surface area contributed by atoms with Crippen molar-refractivity contribution in [2.24, 2.45) is 0 Å². The molecule has 0 saturated heterocycles. The number of carbonyl (C=O) groups excluding carboxylic acids is 1. The molecule has 6 heteroatoms. The molecule has 0 amide bonds. The summed E-state index contributed by atoms with van der Waals surface area (Å²) in [7, 11) is 0. The summed E-state index contributed by atoms with van der Waals surface area (Å²) in [4.78, 5) is 11.2. The van der Waals surface area contributed by atoms with Crippen molar-refractivity contribution in [1.82, 2.24) is 0 Å². The maximum absolute atomic E-state index is 11.9. The molecule has 0 aliphatic carbocycles. The third-order valence-corrected chi connectivity index (χ3v) is 2.80. The molecule has 0 fully saturated rings. The van der Waals surface area contributed by atoms with E-state index in [2.05, 4.69) is 4.74 Å². The second-order valence-electron chi connectivity index (χ2n) is 4.33. The van der Waals surface area contributed by atoms with E-state index in [0.717, 1.165) is 10.8 Å². The van der Waals surface area contributed by atoms with Gasteiger partial charge in [-0.15, -0.1) is 0 Å². The van der Waals surface area contributed by atoms with Crippen LogP contribution in [0, 0.1) is 0 Å². The third-order valence-electron chi connectivity index (χ3n) is 2.80. The van der Waals surface area contributed by atoms with Gasteiger partial charge in [-0.2, -0.15) is 13.2 Å². The van der Waals surface area contributed by atoms with Crippen LogP contribution in [-0.2, 0) is 4.74 Å². The van der Waals surface area contributed by atoms with Crippen LogP contribution in [-0.4, -0.2) is 32.3 Å². The topological polar surface area (TPSA) is 35.5 Å². The van der Waals surface area contributed by atoms with E-state index in [4.69, 9.17) is 4.74 Å². The lowest BCUT2D eigenvalue weighted by molar-refractivity contribution is -0.175. The van der Waals surface area contributed by atoms with E-state index in [1.807, 2.05) is 12.1 Å². The number of aldehydes is 1. The number of hydrogen-bond donors (Lipinski definition) is 0. The number of hydrogen-bond acceptors (Lipinski definition) is 3. The molecule has 0 N–H and O–H groups in total. The van der Waals surface area contributed by atoms with Gasteiger partial charge in [0, 0.05) is 0 Å². The van der Waals surface area contributed by atoms with Gasteiger partial charge in [-0.1, -0.05) is 30.3 Å². The molecule has 2 rings (SSSR count). The summed E-state index contributed by atoms with van der Waals surface area (Å²) in [5.74, 6) is 0.333. The molecule has 0 aliphatic rings. The molecule has 0 aliphatic heterocycles. The summed E-state index contributed by atoms with van der Waals surface area (Å²) in [5.41, 5.74) is 0.379. The van der Waals surface area contributed by atoms with E-state index >= 15 is 0 Å². The summed E-state index contributed by atoms with van der Waals surface area (Å²) in [5, 5.41) is 1.63. The molecule has 2 aromatic carbocycles. The summed E-state index contributed by atoms with van der Waals surface area (Å²) >= 11 is 0. The van der Waals surface area contributed by atoms with Crippen LogP contribution in [0.2, 0.25) is 0 Å². The van der Waals surface area contributed by atoms with Crippen molar-refractivity contribution in [1.29, 1.82) is 0 Å². The molecule has 112 valence electrons. The van der Waals surface area contributed by atoms with Gasteiger partial charge < -0.3 is 9.47 Å². The fourth-order valence-corrected chi connectivity index (χ4v) is 1.92. The maximum Gasteiger partial charge on any atom is 0.411 e. The minimum Gasteiger partial charge on any atom is -0.490 e. The normalized spacial score (nSPS) is 11.6. The van der Waals surface area contributed by atoms with Crippen molar-refractivity contribution in [3.63, 3.8) is 0 Å². The molecule has 0 atom stereocenters. The second-order valence-corrected chi connectivity index (χ2v) is 4.33. The van der Waals surface area contributed by atoms with Gasteiger partial charge in [0.15, 0.2) is 6.29 Å². The van der Waals surface area contributed by atoms with Crippen molar-refractivity contribution in [2.45, 2.75) is 6.18 Å². The number of alkyl halides is 3. The number of ether oxygens (including phenoxy) is 2. The lowest BCUT2D eigenvalue weighted by Gasteiger charge is -2.11. The van der Waals surface area contributed by atoms with E-state index in [1.165, 1.54) is 0 Å². The summed E-state index contributed by atoms with van der Waals surface area (Å²) < 4.78 is 45.4. The van der Waals surface area contributed by atoms with Gasteiger partial charge in [-0.3, -0.25) is 4.79 Å². The van der Waals surface area contributed by atoms with Gasteiger partial charge in [0.1, 0.15) is 19.0 Å². The lowest BCUT2D eigenvalue weighted by atomic mass is 10.0. The Morgan fingerprint density at radius 2 is 1.81 bits per heavy atom. The van der Waals surface area contributed by atoms with E-state index in [1.54, 1.807) is 24.3 Å². The number of carbonyl (C=O) groups is 1. The number of fused-ring (bicyclic) bond motifs is 1. The Labute approximate surface area is 119 Å². The first kappa shape index (κ1) is 15.3. The van der Waals surface area contributed by atoms with Gasteiger partial charge in [0.05, 0.1) is 12.2 Å². The van der Waals surface area contributed by atoms with Crippen molar-refractivity contribution in [3.8, 4) is 5.75 Å². The molecular formula is C15H13F3O3. The summed E-state index contributed by atoms with van der Waals surface area (Å²) in [6, 6.07) is 10.7. The highest BCUT2D eigenvalue weighted by atomic mass is 19.4. The van der Waals surface area contributed by atoms with Gasteiger partial charge in [0.2, 0.25) is 0 Å². The lowest BCUT2D eigenvalue weighted by Crippen LogP contribution is -2.19. The van der Waals surface area contributed by atoms with Crippen LogP contribution in [0.3, 0.4) is 0 Å². The molecule has 0 aromatic heterocycles. The average Bonchev–Trinajstić information content (AvgIpc) is 2.45. The van der Waals surface area contributed by atoms with Crippen molar-refractivity contribution >= 4 is 17.1 Å². The van der Waals surface area contributed by atoms with Crippen LogP contribution >= 0.6 is 0 Å². The first-order valence-corrected chi connectivity index (χ1v) is 6.25. The Hall–Kier alpha value is -2.08. The monoisotopic (exact) mass is 298 g/mol. The van der Waals surface area contributed by atoms with Gasteiger partial charge in [0.25, 0.3) is 0 Å². The molecule has 0 bridgehead atoms. The zero-order chi connectivity index (χ0) is 15.3. The zero-order valence-corrected chi connectivity index (χ0v) is 11.0. The first-order valence-electron chi connectivity index (χ1n) is 6.25. The quantitative estimate of drug-likeness (QED) is 0.603. The molecule has 0 radical (unpaired) electrons. The van der Waals surface area contributed by atoms with Crippen LogP contribution in [0.1, 0.15) is 10.4 Å². The molecule has 0 spiro atoms. The number of benzene rings is 2. The first-order chi connectivity index (χ1) is 10.0. The summed E-state index contributed by atoms with van der Waals surface area (Å²) in [6.45, 7) is -1.57. The molecule has 0 saturated carbocycles. The predicted octanol–water partition coefficient (Wildman–Crippen LogP) is 3.61. The molecule has 3 nitrogen and oxygen atoms in total. The highest BCUT2D eigenvalue weighted by Gasteiger charge is 2.27. The average molecular weight is 298 g/mol. The SMILES string of the molecule is O=Cc1c(OCCOCC(F)(F)F)ccc2ccccc12. The predicted molar refractivity (Wildman–Crippen MR) is 71.7 cm³/mol. The fraction of sp³-hybridized carbons (Fsp3) is 0.267. The van der Waals surface area contributed by atoms with Crippen molar-refractivity contribution in [2.75, 3.05) is 19.8 Å². The van der Waals surface area contributed by atoms with Crippen LogP contribution < -0.4 is 4.74 Å². The van der Waals surface area contributed by atoms with Crippen LogP contribution in [0.5, 0.6) is 5.75 Å². The van der Waals surface area contributed by atoms with Gasteiger partial charge >= 0.3 is 6.18 Å². The number of rotatable bonds is 6. The van der Waals surface area contributed by atoms with Crippen LogP contribution in [0.4, 0.5) is 13.2 Å². The smallest absolute Gasteiger partial charge is 0.411 e. The maximum atomic E-state index is 11.9. The van der Waals surface area contributed by atoms with E-state index < -0.39 is 12.8 Å². The minimum absolute atomic E-state index is 0.0603. The van der Waals surface area contributed by atoms with Gasteiger partial charge in [-0.05, 0) is 16.8 Å². The molecule has 0 heterocycles. The largest absolute Gasteiger partial charge is 0.490 e. The van der Waals surface area contributed by atoms with Crippen LogP contribution in [0.25, 0.3) is 10.8 Å². The molecule has 21 heavy (non-hydrogen) atoms. The van der Waals surface area contributed by atoms with Crippen molar-refractivity contribution < 1.29 is 27.4 Å². The third kappa shape index (κ3) is 4.19. The Morgan fingerprint density at radius 1 is 1.05 bits per heavy atom.